The molecule has 0 fully saturated rings. The van der Waals surface area contributed by atoms with Crippen molar-refractivity contribution in [3.05, 3.63) is 36.0 Å². The molecule has 0 heteroatoms. The van der Waals surface area contributed by atoms with Gasteiger partial charge in [-0.1, -0.05) is 42.9 Å². The van der Waals surface area contributed by atoms with Crippen LogP contribution < -0.4 is 0 Å². The van der Waals surface area contributed by atoms with Crippen molar-refractivity contribution in [2.45, 2.75) is 27.7 Å². The predicted molar refractivity (Wildman–Crippen MR) is 52.5 cm³/mol. The molecule has 0 radical (unpaired) electrons. The van der Waals surface area contributed by atoms with Crippen LogP contribution in [0.4, 0.5) is 0 Å². The van der Waals surface area contributed by atoms with Crippen LogP contribution >= 0.6 is 0 Å². The van der Waals surface area contributed by atoms with Gasteiger partial charge in [0.2, 0.25) is 0 Å². The summed E-state index contributed by atoms with van der Waals surface area (Å²) < 4.78 is 0. The summed E-state index contributed by atoms with van der Waals surface area (Å²) in [4.78, 5) is 0. The minimum absolute atomic E-state index is 0.540. The van der Waals surface area contributed by atoms with E-state index in [2.05, 4.69) is 39.5 Å². The molecule has 0 N–H and O–H groups in total. The summed E-state index contributed by atoms with van der Waals surface area (Å²) in [5.41, 5.74) is 2.69. The summed E-state index contributed by atoms with van der Waals surface area (Å²) in [6, 6.07) is 0. The first kappa shape index (κ1) is 10.2. The van der Waals surface area contributed by atoms with Crippen LogP contribution in [0.25, 0.3) is 0 Å². The van der Waals surface area contributed by atoms with Gasteiger partial charge in [-0.05, 0) is 26.7 Å². The zero-order valence-corrected chi connectivity index (χ0v) is 8.02. The molecule has 62 valence electrons. The van der Waals surface area contributed by atoms with Crippen molar-refractivity contribution < 1.29 is 0 Å². The first-order valence-corrected chi connectivity index (χ1v) is 4.06. The van der Waals surface area contributed by atoms with E-state index in [1.807, 2.05) is 13.0 Å². The Labute approximate surface area is 70.3 Å². The van der Waals surface area contributed by atoms with E-state index in [-0.39, 0.29) is 0 Å². The van der Waals surface area contributed by atoms with Gasteiger partial charge in [0.1, 0.15) is 0 Å². The maximum atomic E-state index is 3.74. The molecular weight excluding hydrogens is 132 g/mol. The topological polar surface area (TPSA) is 0 Å². The van der Waals surface area contributed by atoms with E-state index in [1.165, 1.54) is 11.1 Å². The fraction of sp³-hybridized carbons (Fsp3) is 0.455. The second kappa shape index (κ2) is 4.95. The molecule has 1 unspecified atom stereocenters. The highest BCUT2D eigenvalue weighted by molar-refractivity contribution is 5.24. The van der Waals surface area contributed by atoms with Gasteiger partial charge >= 0.3 is 0 Å². The predicted octanol–water partition coefficient (Wildman–Crippen LogP) is 3.72. The summed E-state index contributed by atoms with van der Waals surface area (Å²) in [5.74, 6) is 0.540. The van der Waals surface area contributed by atoms with Crippen molar-refractivity contribution in [1.82, 2.24) is 0 Å². The lowest BCUT2D eigenvalue weighted by Gasteiger charge is -2.08. The fourth-order valence-corrected chi connectivity index (χ4v) is 0.953. The van der Waals surface area contributed by atoms with Gasteiger partial charge in [0.15, 0.2) is 0 Å². The Balaban J connectivity index is 4.45. The van der Waals surface area contributed by atoms with E-state index in [0.29, 0.717) is 5.92 Å². The normalized spacial score (nSPS) is 16.4. The van der Waals surface area contributed by atoms with E-state index >= 15 is 0 Å². The van der Waals surface area contributed by atoms with Gasteiger partial charge < -0.3 is 0 Å². The van der Waals surface area contributed by atoms with E-state index in [4.69, 9.17) is 0 Å². The number of rotatable bonds is 3. The zero-order valence-electron chi connectivity index (χ0n) is 8.02. The molecule has 0 spiro atoms. The summed E-state index contributed by atoms with van der Waals surface area (Å²) in [6.07, 6.45) is 6.20. The Morgan fingerprint density at radius 2 is 1.91 bits per heavy atom. The molecule has 1 atom stereocenters. The Hall–Kier alpha value is -0.780. The van der Waals surface area contributed by atoms with Crippen LogP contribution in [0.1, 0.15) is 27.7 Å². The van der Waals surface area contributed by atoms with Gasteiger partial charge in [-0.3, -0.25) is 0 Å². The van der Waals surface area contributed by atoms with Crippen LogP contribution in [0.3, 0.4) is 0 Å². The van der Waals surface area contributed by atoms with Crippen LogP contribution in [0.15, 0.2) is 36.0 Å². The van der Waals surface area contributed by atoms with Crippen LogP contribution in [-0.2, 0) is 0 Å². The van der Waals surface area contributed by atoms with Crippen molar-refractivity contribution in [2.75, 3.05) is 0 Å². The summed E-state index contributed by atoms with van der Waals surface area (Å²) in [5, 5.41) is 0. The van der Waals surface area contributed by atoms with Crippen molar-refractivity contribution in [1.29, 1.82) is 0 Å². The average molecular weight is 150 g/mol. The zero-order chi connectivity index (χ0) is 8.85. The first-order valence-electron chi connectivity index (χ1n) is 4.06. The molecule has 0 nitrogen and oxygen atoms in total. The molecule has 0 saturated heterocycles. The van der Waals surface area contributed by atoms with Crippen LogP contribution in [0, 0.1) is 5.92 Å². The molecule has 0 heterocycles. The molecule has 0 amide bonds. The highest BCUT2D eigenvalue weighted by Gasteiger charge is 2.00. The van der Waals surface area contributed by atoms with Crippen LogP contribution in [-0.4, -0.2) is 0 Å². The lowest BCUT2D eigenvalue weighted by atomic mass is 9.98. The Morgan fingerprint density at radius 1 is 1.36 bits per heavy atom. The van der Waals surface area contributed by atoms with Gasteiger partial charge in [-0.15, -0.1) is 0 Å². The lowest BCUT2D eigenvalue weighted by molar-refractivity contribution is 0.849. The summed E-state index contributed by atoms with van der Waals surface area (Å²) in [7, 11) is 0. The Kier molecular flexibility index (Phi) is 4.60. The summed E-state index contributed by atoms with van der Waals surface area (Å²) in [6.45, 7) is 12.2. The molecule has 0 aromatic rings. The molecule has 0 aliphatic carbocycles. The largest absolute Gasteiger partial charge is 0.0988 e. The average Bonchev–Trinajstić information content (AvgIpc) is 2.02. The van der Waals surface area contributed by atoms with Gasteiger partial charge in [0, 0.05) is 0 Å². The number of hydrogen-bond donors (Lipinski definition) is 0. The highest BCUT2D eigenvalue weighted by atomic mass is 14.1. The molecule has 11 heavy (non-hydrogen) atoms. The molecule has 0 rings (SSSR count). The van der Waals surface area contributed by atoms with Crippen molar-refractivity contribution >= 4 is 0 Å². The Bertz CT molecular complexity index is 182. The quantitative estimate of drug-likeness (QED) is 0.425. The molecule has 0 saturated carbocycles. The fourth-order valence-electron chi connectivity index (χ4n) is 0.953. The molecule has 0 aromatic heterocycles. The van der Waals surface area contributed by atoms with Crippen molar-refractivity contribution in [3.8, 4) is 0 Å². The molecule has 0 aliphatic rings. The monoisotopic (exact) mass is 150 g/mol. The second-order valence-electron chi connectivity index (χ2n) is 2.88. The van der Waals surface area contributed by atoms with E-state index in [0.717, 1.165) is 0 Å². The third kappa shape index (κ3) is 3.22. The first-order chi connectivity index (χ1) is 5.13. The smallest absolute Gasteiger partial charge is 0.00488 e. The van der Waals surface area contributed by atoms with E-state index in [9.17, 15) is 0 Å². The van der Waals surface area contributed by atoms with Gasteiger partial charge in [-0.2, -0.15) is 0 Å². The third-order valence-corrected chi connectivity index (χ3v) is 2.09. The SMILES string of the molecule is C=CC(C)=C(C)C(C)C=CC. The van der Waals surface area contributed by atoms with E-state index < -0.39 is 0 Å². The van der Waals surface area contributed by atoms with Crippen molar-refractivity contribution in [3.63, 3.8) is 0 Å². The van der Waals surface area contributed by atoms with E-state index in [1.54, 1.807) is 0 Å². The lowest BCUT2D eigenvalue weighted by Crippen LogP contribution is -1.93. The maximum absolute atomic E-state index is 3.74. The standard InChI is InChI=1S/C11H18/c1-6-8-10(4)11(5)9(3)7-2/h6-8,10H,2H2,1,3-5H3. The van der Waals surface area contributed by atoms with Gasteiger partial charge in [0.05, 0.1) is 0 Å². The summed E-state index contributed by atoms with van der Waals surface area (Å²) >= 11 is 0. The van der Waals surface area contributed by atoms with Gasteiger partial charge in [0.25, 0.3) is 0 Å². The van der Waals surface area contributed by atoms with Crippen molar-refractivity contribution in [2.24, 2.45) is 5.92 Å². The second-order valence-corrected chi connectivity index (χ2v) is 2.88. The minimum atomic E-state index is 0.540. The molecule has 0 aromatic carbocycles. The molecule has 0 aliphatic heterocycles. The number of allylic oxidation sites excluding steroid dienone is 5. The maximum Gasteiger partial charge on any atom is -0.00488 e. The molecule has 0 bridgehead atoms. The number of hydrogen-bond acceptors (Lipinski definition) is 0. The highest BCUT2D eigenvalue weighted by Crippen LogP contribution is 2.15. The van der Waals surface area contributed by atoms with Crippen LogP contribution in [0.5, 0.6) is 0 Å². The Morgan fingerprint density at radius 3 is 2.27 bits per heavy atom. The molecular formula is C11H18. The minimum Gasteiger partial charge on any atom is -0.0988 e. The van der Waals surface area contributed by atoms with Gasteiger partial charge in [-0.25, -0.2) is 0 Å². The third-order valence-electron chi connectivity index (χ3n) is 2.09. The van der Waals surface area contributed by atoms with Crippen LogP contribution in [0.2, 0.25) is 0 Å².